The average Bonchev–Trinajstić information content (AvgIpc) is 2.69. The maximum Gasteiger partial charge on any atom is 0.243 e. The zero-order valence-electron chi connectivity index (χ0n) is 15.6. The second-order valence-corrected chi connectivity index (χ2v) is 7.37. The molecule has 0 unspecified atom stereocenters. The van der Waals surface area contributed by atoms with Crippen LogP contribution < -0.4 is 5.43 Å². The Morgan fingerprint density at radius 1 is 1.14 bits per heavy atom. The second-order valence-electron chi connectivity index (χ2n) is 6.97. The molecule has 0 bridgehead atoms. The Bertz CT molecular complexity index is 862. The van der Waals surface area contributed by atoms with E-state index in [4.69, 9.17) is 11.6 Å². The molecule has 4 nitrogen and oxygen atoms in total. The lowest BCUT2D eigenvalue weighted by molar-refractivity contribution is -0.126. The number of piperidine rings is 1. The van der Waals surface area contributed by atoms with Crippen LogP contribution in [0.2, 0.25) is 5.02 Å². The van der Waals surface area contributed by atoms with Gasteiger partial charge in [0.15, 0.2) is 0 Å². The number of hydrazone groups is 1. The second kappa shape index (κ2) is 9.26. The third kappa shape index (κ3) is 5.36. The van der Waals surface area contributed by atoms with Crippen LogP contribution in [0.5, 0.6) is 0 Å². The van der Waals surface area contributed by atoms with Gasteiger partial charge in [-0.15, -0.1) is 0 Å². The van der Waals surface area contributed by atoms with Gasteiger partial charge >= 0.3 is 0 Å². The van der Waals surface area contributed by atoms with Crippen LogP contribution in [0, 0.1) is 17.6 Å². The summed E-state index contributed by atoms with van der Waals surface area (Å²) in [6, 6.07) is 10.4. The van der Waals surface area contributed by atoms with E-state index in [1.54, 1.807) is 25.1 Å². The SMILES string of the molecule is CC(=NNC(=O)C1CCN(Cc2ccc(F)cc2Cl)CC1)c1ccc(F)cc1. The van der Waals surface area contributed by atoms with Gasteiger partial charge in [-0.25, -0.2) is 14.2 Å². The van der Waals surface area contributed by atoms with Crippen molar-refractivity contribution in [2.24, 2.45) is 11.0 Å². The predicted molar refractivity (Wildman–Crippen MR) is 106 cm³/mol. The summed E-state index contributed by atoms with van der Waals surface area (Å²) in [6.45, 7) is 3.91. The standard InChI is InChI=1S/C21H22ClF2N3O/c1-14(15-2-5-18(23)6-3-15)25-26-21(28)16-8-10-27(11-9-16)13-17-4-7-19(24)12-20(17)22/h2-7,12,16H,8-11,13H2,1H3,(H,26,28). The lowest BCUT2D eigenvalue weighted by atomic mass is 9.96. The van der Waals surface area contributed by atoms with Gasteiger partial charge in [0, 0.05) is 17.5 Å². The number of halogens is 3. The molecule has 1 saturated heterocycles. The van der Waals surface area contributed by atoms with Crippen LogP contribution >= 0.6 is 11.6 Å². The Morgan fingerprint density at radius 2 is 1.79 bits per heavy atom. The quantitative estimate of drug-likeness (QED) is 0.593. The van der Waals surface area contributed by atoms with Crippen molar-refractivity contribution in [3.8, 4) is 0 Å². The predicted octanol–water partition coefficient (Wildman–Crippen LogP) is 4.37. The molecule has 148 valence electrons. The number of benzene rings is 2. The van der Waals surface area contributed by atoms with Crippen molar-refractivity contribution in [3.05, 3.63) is 70.2 Å². The lowest BCUT2D eigenvalue weighted by Gasteiger charge is -2.31. The summed E-state index contributed by atoms with van der Waals surface area (Å²) in [5, 5.41) is 4.56. The molecule has 0 aromatic heterocycles. The molecule has 28 heavy (non-hydrogen) atoms. The number of rotatable bonds is 5. The van der Waals surface area contributed by atoms with E-state index in [9.17, 15) is 13.6 Å². The number of carbonyl (C=O) groups is 1. The zero-order chi connectivity index (χ0) is 20.1. The minimum absolute atomic E-state index is 0.107. The molecule has 1 fully saturated rings. The first-order valence-corrected chi connectivity index (χ1v) is 9.56. The number of carbonyl (C=O) groups excluding carboxylic acids is 1. The molecule has 1 amide bonds. The largest absolute Gasteiger partial charge is 0.299 e. The lowest BCUT2D eigenvalue weighted by Crippen LogP contribution is -2.39. The summed E-state index contributed by atoms with van der Waals surface area (Å²) >= 11 is 6.09. The van der Waals surface area contributed by atoms with E-state index >= 15 is 0 Å². The molecular formula is C21H22ClF2N3O. The van der Waals surface area contributed by atoms with Gasteiger partial charge in [-0.3, -0.25) is 9.69 Å². The van der Waals surface area contributed by atoms with E-state index < -0.39 is 0 Å². The molecule has 1 aliphatic heterocycles. The van der Waals surface area contributed by atoms with Crippen molar-refractivity contribution in [2.45, 2.75) is 26.3 Å². The van der Waals surface area contributed by atoms with Gasteiger partial charge in [-0.2, -0.15) is 5.10 Å². The van der Waals surface area contributed by atoms with Gasteiger partial charge in [-0.1, -0.05) is 29.8 Å². The van der Waals surface area contributed by atoms with Crippen LogP contribution in [0.25, 0.3) is 0 Å². The first kappa shape index (κ1) is 20.4. The third-order valence-electron chi connectivity index (χ3n) is 4.96. The molecule has 1 N–H and O–H groups in total. The Hall–Kier alpha value is -2.31. The molecule has 0 spiro atoms. The Balaban J connectivity index is 1.49. The molecular weight excluding hydrogens is 384 g/mol. The monoisotopic (exact) mass is 405 g/mol. The Morgan fingerprint density at radius 3 is 2.43 bits per heavy atom. The molecule has 2 aromatic carbocycles. The van der Waals surface area contributed by atoms with E-state index in [0.29, 0.717) is 17.3 Å². The van der Waals surface area contributed by atoms with Gasteiger partial charge in [0.1, 0.15) is 11.6 Å². The zero-order valence-corrected chi connectivity index (χ0v) is 16.3. The molecule has 0 aliphatic carbocycles. The molecule has 1 aliphatic rings. The van der Waals surface area contributed by atoms with Gasteiger partial charge < -0.3 is 0 Å². The van der Waals surface area contributed by atoms with E-state index in [1.807, 2.05) is 0 Å². The average molecular weight is 406 g/mol. The van der Waals surface area contributed by atoms with Crippen LogP contribution in [0.15, 0.2) is 47.6 Å². The highest BCUT2D eigenvalue weighted by molar-refractivity contribution is 6.31. The minimum atomic E-state index is -0.347. The van der Waals surface area contributed by atoms with E-state index in [-0.39, 0.29) is 23.5 Å². The highest BCUT2D eigenvalue weighted by Crippen LogP contribution is 2.23. The highest BCUT2D eigenvalue weighted by atomic mass is 35.5. The Labute approximate surface area is 168 Å². The van der Waals surface area contributed by atoms with Crippen LogP contribution in [0.4, 0.5) is 8.78 Å². The minimum Gasteiger partial charge on any atom is -0.299 e. The van der Waals surface area contributed by atoms with Crippen molar-refractivity contribution >= 4 is 23.2 Å². The summed E-state index contributed by atoms with van der Waals surface area (Å²) in [4.78, 5) is 14.6. The summed E-state index contributed by atoms with van der Waals surface area (Å²) < 4.78 is 26.1. The molecule has 0 atom stereocenters. The molecule has 7 heteroatoms. The summed E-state index contributed by atoms with van der Waals surface area (Å²) in [5.74, 6) is -0.875. The van der Waals surface area contributed by atoms with Crippen LogP contribution in [-0.2, 0) is 11.3 Å². The summed E-state index contributed by atoms with van der Waals surface area (Å²) in [5.41, 5.74) is 4.88. The summed E-state index contributed by atoms with van der Waals surface area (Å²) in [6.07, 6.45) is 1.44. The van der Waals surface area contributed by atoms with Gasteiger partial charge in [0.25, 0.3) is 0 Å². The van der Waals surface area contributed by atoms with Gasteiger partial charge in [-0.05, 0) is 68.2 Å². The maximum absolute atomic E-state index is 13.2. The number of amides is 1. The molecule has 0 radical (unpaired) electrons. The highest BCUT2D eigenvalue weighted by Gasteiger charge is 2.25. The van der Waals surface area contributed by atoms with Crippen LogP contribution in [-0.4, -0.2) is 29.6 Å². The van der Waals surface area contributed by atoms with Crippen LogP contribution in [0.3, 0.4) is 0 Å². The number of hydrogen-bond acceptors (Lipinski definition) is 3. The van der Waals surface area contributed by atoms with Gasteiger partial charge in [0.05, 0.1) is 5.71 Å². The topological polar surface area (TPSA) is 44.7 Å². The van der Waals surface area contributed by atoms with Crippen molar-refractivity contribution in [1.82, 2.24) is 10.3 Å². The van der Waals surface area contributed by atoms with E-state index in [0.717, 1.165) is 37.1 Å². The van der Waals surface area contributed by atoms with E-state index in [2.05, 4.69) is 15.4 Å². The molecule has 3 rings (SSSR count). The number of hydrogen-bond donors (Lipinski definition) is 1. The van der Waals surface area contributed by atoms with Crippen LogP contribution in [0.1, 0.15) is 30.9 Å². The number of nitrogens with zero attached hydrogens (tertiary/aromatic N) is 2. The first-order chi connectivity index (χ1) is 13.4. The van der Waals surface area contributed by atoms with Crippen molar-refractivity contribution in [1.29, 1.82) is 0 Å². The van der Waals surface area contributed by atoms with Crippen molar-refractivity contribution < 1.29 is 13.6 Å². The summed E-state index contributed by atoms with van der Waals surface area (Å²) in [7, 11) is 0. The number of likely N-dealkylation sites (tertiary alicyclic amines) is 1. The smallest absolute Gasteiger partial charge is 0.243 e. The third-order valence-corrected chi connectivity index (χ3v) is 5.32. The maximum atomic E-state index is 13.2. The Kier molecular flexibility index (Phi) is 6.75. The van der Waals surface area contributed by atoms with Crippen molar-refractivity contribution in [2.75, 3.05) is 13.1 Å². The normalized spacial score (nSPS) is 16.2. The fourth-order valence-corrected chi connectivity index (χ4v) is 3.46. The number of nitrogens with one attached hydrogen (secondary N) is 1. The van der Waals surface area contributed by atoms with Crippen molar-refractivity contribution in [3.63, 3.8) is 0 Å². The van der Waals surface area contributed by atoms with Gasteiger partial charge in [0.2, 0.25) is 5.91 Å². The first-order valence-electron chi connectivity index (χ1n) is 9.19. The fraction of sp³-hybridized carbons (Fsp3) is 0.333. The fourth-order valence-electron chi connectivity index (χ4n) is 3.23. The van der Waals surface area contributed by atoms with E-state index in [1.165, 1.54) is 24.3 Å². The molecule has 2 aromatic rings. The molecule has 1 heterocycles. The molecule has 0 saturated carbocycles.